The third-order valence-corrected chi connectivity index (χ3v) is 8.29. The molecule has 0 N–H and O–H groups in total. The van der Waals surface area contributed by atoms with Crippen LogP contribution in [-0.2, 0) is 41.5 Å². The van der Waals surface area contributed by atoms with E-state index in [9.17, 15) is 0 Å². The van der Waals surface area contributed by atoms with Gasteiger partial charge in [-0.3, -0.25) is 6.08 Å². The SMILES string of the molecule is CC1=C[CH-]C(C)(C)c2cc3c(cc21)-c1cc2c(cc1C3)C(C)(C)CC=C2C.Cl.Cl.[C-]1=CC=CC1.[CH2-]C.[CH2]=[Zr].[c-]1ccccc1. The second-order valence-electron chi connectivity index (χ2n) is 12.1. The van der Waals surface area contributed by atoms with Crippen LogP contribution in [0.15, 0.2) is 85.0 Å². The molecule has 3 aromatic rings. The maximum absolute atomic E-state index is 3.34. The van der Waals surface area contributed by atoms with Gasteiger partial charge in [0.2, 0.25) is 0 Å². The molecule has 0 unspecified atom stereocenters. The molecule has 44 heavy (non-hydrogen) atoms. The molecule has 0 bridgehead atoms. The summed E-state index contributed by atoms with van der Waals surface area (Å²) in [5.41, 5.74) is 15.0. The number of rotatable bonds is 0. The van der Waals surface area contributed by atoms with Gasteiger partial charge in [-0.2, -0.15) is 55.0 Å². The second kappa shape index (κ2) is 18.1. The monoisotopic (exact) mass is 700 g/mol. The third-order valence-electron chi connectivity index (χ3n) is 8.29. The quantitative estimate of drug-likeness (QED) is 0.160. The fourth-order valence-electron chi connectivity index (χ4n) is 5.86. The number of benzene rings is 3. The van der Waals surface area contributed by atoms with Crippen molar-refractivity contribution in [2.45, 2.75) is 78.6 Å². The Morgan fingerprint density at radius 3 is 1.82 bits per heavy atom. The Bertz CT molecular complexity index is 1360. The fourth-order valence-corrected chi connectivity index (χ4v) is 5.86. The largest absolute Gasteiger partial charge is 0.184 e. The Balaban J connectivity index is 0.000000475. The van der Waals surface area contributed by atoms with E-state index in [0.29, 0.717) is 0 Å². The van der Waals surface area contributed by atoms with Crippen LogP contribution in [-0.4, -0.2) is 4.21 Å². The molecular weight excluding hydrogens is 655 g/mol. The molecule has 0 saturated heterocycles. The van der Waals surface area contributed by atoms with Crippen molar-refractivity contribution in [1.29, 1.82) is 0 Å². The number of hydrogen-bond acceptors (Lipinski definition) is 0. The smallest absolute Gasteiger partial charge is 0.171 e. The maximum Gasteiger partial charge on any atom is -0.171 e. The summed E-state index contributed by atoms with van der Waals surface area (Å²) in [6.07, 6.45) is 19.3. The van der Waals surface area contributed by atoms with Gasteiger partial charge in [-0.25, -0.2) is 24.6 Å². The molecule has 0 fully saturated rings. The van der Waals surface area contributed by atoms with Gasteiger partial charge in [0.1, 0.15) is 0 Å². The van der Waals surface area contributed by atoms with Crippen LogP contribution < -0.4 is 0 Å². The van der Waals surface area contributed by atoms with Crippen molar-refractivity contribution in [2.24, 2.45) is 0 Å². The standard InChI is InChI=1S/C27H29.C6H5.C5H5.C2H5.CH2.2ClH.Zr/c1-16-7-9-26(3,4)24-12-18-11-19-13-25-21(17(2)8-10-27(25,5)6)15-23(19)22(18)14-20(16)24;1-2-4-6-5-3-1;1-2-4-5-3-1;1-2;;;;/h7-9,12-15H,10-11H2,1-6H3;1-5H;1-3H,4H2;1H2,2H3;1H2;2*1H;/q4*-1;;;;. The molecule has 3 aromatic carbocycles. The Kier molecular flexibility index (Phi) is 16.4. The van der Waals surface area contributed by atoms with Crippen LogP contribution in [0.1, 0.15) is 94.7 Å². The maximum atomic E-state index is 3.34. The zero-order valence-electron chi connectivity index (χ0n) is 27.5. The molecule has 0 spiro atoms. The first kappa shape index (κ1) is 39.8. The van der Waals surface area contributed by atoms with Crippen molar-refractivity contribution >= 4 is 40.2 Å². The average molecular weight is 703 g/mol. The average Bonchev–Trinajstić information content (AvgIpc) is 3.71. The zero-order chi connectivity index (χ0) is 30.9. The summed E-state index contributed by atoms with van der Waals surface area (Å²) in [7, 11) is 0. The predicted octanol–water partition coefficient (Wildman–Crippen LogP) is 11.7. The normalized spacial score (nSPS) is 15.9. The van der Waals surface area contributed by atoms with Crippen molar-refractivity contribution in [3.05, 3.63) is 144 Å². The molecule has 0 amide bonds. The molecule has 234 valence electrons. The molecule has 3 heteroatoms. The summed E-state index contributed by atoms with van der Waals surface area (Å²) in [5.74, 6) is 0. The number of halogens is 2. The van der Waals surface area contributed by atoms with Gasteiger partial charge in [-0.05, 0) is 70.2 Å². The molecule has 0 saturated carbocycles. The predicted molar refractivity (Wildman–Crippen MR) is 196 cm³/mol. The fraction of sp³-hybridized carbons (Fsp3) is 0.293. The van der Waals surface area contributed by atoms with Gasteiger partial charge in [-0.1, -0.05) is 62.9 Å². The Labute approximate surface area is 296 Å². The molecule has 0 nitrogen and oxygen atoms in total. The van der Waals surface area contributed by atoms with Crippen LogP contribution in [0.3, 0.4) is 0 Å². The van der Waals surface area contributed by atoms with Gasteiger partial charge in [0.25, 0.3) is 0 Å². The van der Waals surface area contributed by atoms with Gasteiger partial charge in [0, 0.05) is 0 Å². The van der Waals surface area contributed by atoms with Crippen LogP contribution >= 0.6 is 24.8 Å². The van der Waals surface area contributed by atoms with Gasteiger partial charge >= 0.3 is 28.4 Å². The molecule has 7 rings (SSSR count). The third kappa shape index (κ3) is 9.19. The van der Waals surface area contributed by atoms with Crippen molar-refractivity contribution in [3.8, 4) is 11.1 Å². The van der Waals surface area contributed by atoms with Crippen LogP contribution in [0, 0.1) is 25.5 Å². The molecule has 0 atom stereocenters. The first-order valence-electron chi connectivity index (χ1n) is 14.9. The Morgan fingerprint density at radius 1 is 0.795 bits per heavy atom. The van der Waals surface area contributed by atoms with Crippen molar-refractivity contribution in [3.63, 3.8) is 0 Å². The summed E-state index contributed by atoms with van der Waals surface area (Å²) >= 11 is 1.30. The minimum Gasteiger partial charge on any atom is -0.184 e. The summed E-state index contributed by atoms with van der Waals surface area (Å²) in [5, 5.41) is 0. The molecule has 0 aliphatic heterocycles. The molecule has 4 aliphatic carbocycles. The number of allylic oxidation sites excluding steroid dienone is 8. The first-order valence-corrected chi connectivity index (χ1v) is 16.7. The minimum atomic E-state index is 0. The van der Waals surface area contributed by atoms with E-state index in [4.69, 9.17) is 0 Å². The van der Waals surface area contributed by atoms with E-state index >= 15 is 0 Å². The molecule has 0 aromatic heterocycles. The van der Waals surface area contributed by atoms with E-state index in [2.05, 4.69) is 114 Å². The molecular formula is C41H48Cl2Zr-4. The Hall–Kier alpha value is -2.18. The van der Waals surface area contributed by atoms with E-state index < -0.39 is 0 Å². The van der Waals surface area contributed by atoms with Crippen molar-refractivity contribution in [1.82, 2.24) is 0 Å². The van der Waals surface area contributed by atoms with E-state index in [1.807, 2.05) is 42.5 Å². The van der Waals surface area contributed by atoms with Crippen LogP contribution in [0.2, 0.25) is 0 Å². The summed E-state index contributed by atoms with van der Waals surface area (Å²) < 4.78 is 3.34. The van der Waals surface area contributed by atoms with Gasteiger partial charge in [0.05, 0.1) is 0 Å². The first-order chi connectivity index (χ1) is 20.2. The van der Waals surface area contributed by atoms with Gasteiger partial charge in [-0.15, -0.1) is 43.7 Å². The van der Waals surface area contributed by atoms with Crippen molar-refractivity contribution < 1.29 is 24.2 Å². The van der Waals surface area contributed by atoms with Crippen LogP contribution in [0.5, 0.6) is 0 Å². The Morgan fingerprint density at radius 2 is 1.36 bits per heavy atom. The van der Waals surface area contributed by atoms with Crippen LogP contribution in [0.25, 0.3) is 22.3 Å². The minimum absolute atomic E-state index is 0. The van der Waals surface area contributed by atoms with E-state index in [0.717, 1.165) is 19.3 Å². The summed E-state index contributed by atoms with van der Waals surface area (Å²) in [6.45, 7) is 18.9. The molecule has 4 aliphatic rings. The number of fused-ring (bicyclic) bond motifs is 5. The zero-order valence-corrected chi connectivity index (χ0v) is 31.6. The second-order valence-corrected chi connectivity index (χ2v) is 12.1. The van der Waals surface area contributed by atoms with Crippen LogP contribution in [0.4, 0.5) is 0 Å². The van der Waals surface area contributed by atoms with Gasteiger partial charge in [0.15, 0.2) is 0 Å². The number of hydrogen-bond donors (Lipinski definition) is 0. The van der Waals surface area contributed by atoms with E-state index in [1.165, 1.54) is 79.9 Å². The van der Waals surface area contributed by atoms with Gasteiger partial charge < -0.3 is 6.92 Å². The topological polar surface area (TPSA) is 0 Å². The van der Waals surface area contributed by atoms with E-state index in [1.54, 1.807) is 6.92 Å². The molecule has 0 heterocycles. The molecule has 0 radical (unpaired) electrons. The summed E-state index contributed by atoms with van der Waals surface area (Å²) in [4.78, 5) is 0. The van der Waals surface area contributed by atoms with E-state index in [-0.39, 0.29) is 35.6 Å². The van der Waals surface area contributed by atoms with Crippen molar-refractivity contribution in [2.75, 3.05) is 0 Å². The summed E-state index contributed by atoms with van der Waals surface area (Å²) in [6, 6.07) is 22.5.